The van der Waals surface area contributed by atoms with Crippen molar-refractivity contribution < 1.29 is 22.2 Å². The number of nitrogens with one attached hydrogen (secondary N) is 1. The Balaban J connectivity index is 2.76. The highest BCUT2D eigenvalue weighted by molar-refractivity contribution is 6.82. The van der Waals surface area contributed by atoms with Gasteiger partial charge in [0.25, 0.3) is 0 Å². The van der Waals surface area contributed by atoms with Crippen molar-refractivity contribution in [2.24, 2.45) is 0 Å². The third-order valence-electron chi connectivity index (χ3n) is 2.39. The van der Waals surface area contributed by atoms with Crippen LogP contribution in [0, 0.1) is 11.6 Å². The lowest BCUT2D eigenvalue weighted by atomic mass is 9.85. The highest BCUT2D eigenvalue weighted by Gasteiger charge is 2.29. The zero-order chi connectivity index (χ0) is 13.4. The van der Waals surface area contributed by atoms with Gasteiger partial charge >= 0.3 is 7.27 Å². The smallest absolute Gasteiger partial charge is 0.360 e. The van der Waals surface area contributed by atoms with Crippen LogP contribution in [0.15, 0.2) is 23.1 Å². The molecule has 0 saturated heterocycles. The molecule has 0 aliphatic heterocycles. The molecule has 1 aromatic carbocycles. The minimum absolute atomic E-state index is 0.0790. The summed E-state index contributed by atoms with van der Waals surface area (Å²) in [5.74, 6) is -2.49. The van der Waals surface area contributed by atoms with Crippen LogP contribution in [0.5, 0.6) is 0 Å². The molecule has 0 amide bonds. The number of carbonyl (C=O) groups excluding carboxylic acids is 1. The monoisotopic (exact) mass is 257 g/mol. The number of aromatic nitrogens is 1. The molecule has 0 radical (unpaired) electrons. The maximum atomic E-state index is 13.0. The number of carbonyl (C=O) groups is 1. The van der Waals surface area contributed by atoms with Crippen LogP contribution >= 0.6 is 0 Å². The molecule has 0 fully saturated rings. The van der Waals surface area contributed by atoms with E-state index in [1.807, 2.05) is 0 Å². The molecule has 0 atom stereocenters. The van der Waals surface area contributed by atoms with Crippen molar-refractivity contribution in [2.45, 2.75) is 0 Å². The second kappa shape index (κ2) is 4.28. The van der Waals surface area contributed by atoms with Gasteiger partial charge in [0.1, 0.15) is 0 Å². The SMILES string of the molecule is O=C(B(F)F)c1c[nH]c2cc(F)c(F)cc2c1=O. The fourth-order valence-corrected chi connectivity index (χ4v) is 1.52. The predicted molar refractivity (Wildman–Crippen MR) is 56.8 cm³/mol. The lowest BCUT2D eigenvalue weighted by Gasteiger charge is -2.02. The summed E-state index contributed by atoms with van der Waals surface area (Å²) in [6.07, 6.45) is 0.760. The first-order chi connectivity index (χ1) is 8.41. The maximum Gasteiger partial charge on any atom is 0.614 e. The summed E-state index contributed by atoms with van der Waals surface area (Å²) in [4.78, 5) is 25.0. The molecule has 92 valence electrons. The third kappa shape index (κ3) is 1.89. The van der Waals surface area contributed by atoms with Gasteiger partial charge in [-0.1, -0.05) is 0 Å². The molecule has 18 heavy (non-hydrogen) atoms. The van der Waals surface area contributed by atoms with E-state index in [-0.39, 0.29) is 10.9 Å². The van der Waals surface area contributed by atoms with Gasteiger partial charge in [0.2, 0.25) is 5.68 Å². The van der Waals surface area contributed by atoms with E-state index < -0.39 is 35.6 Å². The highest BCUT2D eigenvalue weighted by atomic mass is 19.2. The van der Waals surface area contributed by atoms with Gasteiger partial charge in [-0.15, -0.1) is 0 Å². The molecule has 0 bridgehead atoms. The van der Waals surface area contributed by atoms with Crippen LogP contribution in [0.1, 0.15) is 10.4 Å². The summed E-state index contributed by atoms with van der Waals surface area (Å²) in [7, 11) is -3.34. The van der Waals surface area contributed by atoms with Crippen LogP contribution in [0.25, 0.3) is 10.9 Å². The van der Waals surface area contributed by atoms with Crippen LogP contribution < -0.4 is 5.43 Å². The second-order valence-electron chi connectivity index (χ2n) is 3.51. The molecule has 2 aromatic rings. The van der Waals surface area contributed by atoms with Gasteiger partial charge in [0, 0.05) is 17.6 Å². The normalized spacial score (nSPS) is 10.7. The van der Waals surface area contributed by atoms with E-state index in [2.05, 4.69) is 4.98 Å². The van der Waals surface area contributed by atoms with Crippen molar-refractivity contribution in [1.29, 1.82) is 0 Å². The van der Waals surface area contributed by atoms with Crippen molar-refractivity contribution in [1.82, 2.24) is 4.98 Å². The lowest BCUT2D eigenvalue weighted by molar-refractivity contribution is 0.105. The van der Waals surface area contributed by atoms with E-state index in [0.717, 1.165) is 6.20 Å². The third-order valence-corrected chi connectivity index (χ3v) is 2.39. The van der Waals surface area contributed by atoms with E-state index in [4.69, 9.17) is 0 Å². The summed E-state index contributed by atoms with van der Waals surface area (Å²) in [6.45, 7) is 0. The lowest BCUT2D eigenvalue weighted by Crippen LogP contribution is -2.24. The molecule has 0 spiro atoms. The number of hydrogen-bond acceptors (Lipinski definition) is 2. The first kappa shape index (κ1) is 12.3. The molecule has 1 N–H and O–H groups in total. The summed E-state index contributed by atoms with van der Waals surface area (Å²) in [6, 6.07) is 1.27. The summed E-state index contributed by atoms with van der Waals surface area (Å²) >= 11 is 0. The van der Waals surface area contributed by atoms with Crippen LogP contribution in [-0.4, -0.2) is 17.9 Å². The Hall–Kier alpha value is -2.12. The number of halogens is 4. The molecule has 0 saturated carbocycles. The minimum Gasteiger partial charge on any atom is -0.360 e. The Kier molecular flexibility index (Phi) is 2.94. The summed E-state index contributed by atoms with van der Waals surface area (Å²) < 4.78 is 50.2. The Labute approximate surface area is 97.6 Å². The van der Waals surface area contributed by atoms with Gasteiger partial charge in [-0.2, -0.15) is 0 Å². The average Bonchev–Trinajstić information content (AvgIpc) is 2.31. The van der Waals surface area contributed by atoms with Gasteiger partial charge in [0.05, 0.1) is 11.1 Å². The first-order valence-electron chi connectivity index (χ1n) is 4.74. The zero-order valence-corrected chi connectivity index (χ0v) is 8.64. The summed E-state index contributed by atoms with van der Waals surface area (Å²) in [5.41, 5.74) is -3.59. The van der Waals surface area contributed by atoms with Gasteiger partial charge in [-0.3, -0.25) is 18.2 Å². The molecule has 3 nitrogen and oxygen atoms in total. The largest absolute Gasteiger partial charge is 0.614 e. The number of H-pyrrole nitrogens is 1. The molecule has 0 aliphatic rings. The second-order valence-corrected chi connectivity index (χ2v) is 3.51. The fourth-order valence-electron chi connectivity index (χ4n) is 1.52. The van der Waals surface area contributed by atoms with Gasteiger partial charge < -0.3 is 4.98 Å². The molecule has 1 aromatic heterocycles. The van der Waals surface area contributed by atoms with Gasteiger partial charge in [-0.25, -0.2) is 8.78 Å². The molecule has 1 heterocycles. The van der Waals surface area contributed by atoms with Crippen molar-refractivity contribution in [3.63, 3.8) is 0 Å². The van der Waals surface area contributed by atoms with E-state index in [0.29, 0.717) is 12.1 Å². The first-order valence-corrected chi connectivity index (χ1v) is 4.74. The van der Waals surface area contributed by atoms with E-state index in [9.17, 15) is 27.0 Å². The van der Waals surface area contributed by atoms with E-state index in [1.54, 1.807) is 0 Å². The molecule has 0 unspecified atom stereocenters. The zero-order valence-electron chi connectivity index (χ0n) is 8.64. The quantitative estimate of drug-likeness (QED) is 0.660. The molecular formula is C10H4BF4NO2. The molecule has 0 aliphatic carbocycles. The Bertz CT molecular complexity index is 698. The molecule has 2 rings (SSSR count). The topological polar surface area (TPSA) is 49.9 Å². The number of fused-ring (bicyclic) bond motifs is 1. The van der Waals surface area contributed by atoms with E-state index >= 15 is 0 Å². The van der Waals surface area contributed by atoms with Crippen LogP contribution in [0.2, 0.25) is 0 Å². The standard InChI is InChI=1S/C10H4BF4NO2/c12-6-1-4-8(2-7(6)13)16-3-5(9(4)17)10(18)11(14)15/h1-3H,(H,16,17). The number of rotatable bonds is 2. The van der Waals surface area contributed by atoms with Crippen molar-refractivity contribution in [3.05, 3.63) is 45.8 Å². The van der Waals surface area contributed by atoms with Crippen molar-refractivity contribution in [3.8, 4) is 0 Å². The Morgan fingerprint density at radius 3 is 2.39 bits per heavy atom. The minimum atomic E-state index is -3.34. The van der Waals surface area contributed by atoms with Crippen LogP contribution in [0.4, 0.5) is 17.4 Å². The average molecular weight is 257 g/mol. The number of pyridine rings is 1. The predicted octanol–water partition coefficient (Wildman–Crippen LogP) is 1.96. The van der Waals surface area contributed by atoms with Gasteiger partial charge in [-0.05, 0) is 6.07 Å². The van der Waals surface area contributed by atoms with E-state index in [1.165, 1.54) is 0 Å². The number of benzene rings is 1. The molecule has 8 heteroatoms. The number of aromatic amines is 1. The fraction of sp³-hybridized carbons (Fsp3) is 0. The Morgan fingerprint density at radius 1 is 1.17 bits per heavy atom. The van der Waals surface area contributed by atoms with Gasteiger partial charge in [0.15, 0.2) is 17.1 Å². The highest BCUT2D eigenvalue weighted by Crippen LogP contribution is 2.14. The maximum absolute atomic E-state index is 13.0. The van der Waals surface area contributed by atoms with Crippen molar-refractivity contribution in [2.75, 3.05) is 0 Å². The summed E-state index contributed by atoms with van der Waals surface area (Å²) in [5, 5.41) is -0.361. The Morgan fingerprint density at radius 2 is 1.78 bits per heavy atom. The number of hydrogen-bond donors (Lipinski definition) is 1. The van der Waals surface area contributed by atoms with Crippen LogP contribution in [-0.2, 0) is 0 Å². The molecular weight excluding hydrogens is 253 g/mol. The van der Waals surface area contributed by atoms with Crippen molar-refractivity contribution >= 4 is 23.9 Å². The van der Waals surface area contributed by atoms with Crippen LogP contribution in [0.3, 0.4) is 0 Å².